The smallest absolute Gasteiger partial charge is 0.213 e. The van der Waals surface area contributed by atoms with Gasteiger partial charge in [-0.3, -0.25) is 4.98 Å². The molecule has 4 nitrogen and oxygen atoms in total. The van der Waals surface area contributed by atoms with Gasteiger partial charge in [-0.05, 0) is 48.0 Å². The van der Waals surface area contributed by atoms with E-state index in [1.165, 1.54) is 0 Å². The molecular weight excluding hydrogens is 426 g/mol. The molecule has 0 N–H and O–H groups in total. The standard InChI is InChI=1S/C21H15BrClN3O/c22-15-3-6-20-17(11-15)19-12-18(13-1-4-16(23)5-2-13)25-26(19)21(27-20)14-7-9-24-10-8-14/h1-11,19,21H,12H2. The van der Waals surface area contributed by atoms with E-state index in [9.17, 15) is 0 Å². The first-order valence-electron chi connectivity index (χ1n) is 8.67. The van der Waals surface area contributed by atoms with E-state index in [2.05, 4.69) is 32.0 Å². The third-order valence-electron chi connectivity index (χ3n) is 4.92. The van der Waals surface area contributed by atoms with Crippen molar-refractivity contribution in [2.24, 2.45) is 5.10 Å². The molecule has 2 aliphatic rings. The van der Waals surface area contributed by atoms with Crippen molar-refractivity contribution in [2.45, 2.75) is 18.7 Å². The first kappa shape index (κ1) is 16.8. The molecule has 3 aromatic rings. The predicted octanol–water partition coefficient (Wildman–Crippen LogP) is 5.74. The molecule has 27 heavy (non-hydrogen) atoms. The van der Waals surface area contributed by atoms with E-state index in [0.717, 1.165) is 44.1 Å². The van der Waals surface area contributed by atoms with Gasteiger partial charge in [0.05, 0.1) is 11.8 Å². The number of hydrazone groups is 1. The van der Waals surface area contributed by atoms with Gasteiger partial charge >= 0.3 is 0 Å². The summed E-state index contributed by atoms with van der Waals surface area (Å²) in [5.74, 6) is 0.897. The van der Waals surface area contributed by atoms with Gasteiger partial charge in [0.1, 0.15) is 5.75 Å². The lowest BCUT2D eigenvalue weighted by molar-refractivity contribution is -0.0191. The quantitative estimate of drug-likeness (QED) is 0.510. The minimum Gasteiger partial charge on any atom is -0.464 e. The highest BCUT2D eigenvalue weighted by Crippen LogP contribution is 2.48. The fourth-order valence-electron chi connectivity index (χ4n) is 3.62. The van der Waals surface area contributed by atoms with Gasteiger partial charge in [0.25, 0.3) is 0 Å². The number of ether oxygens (including phenoxy) is 1. The number of nitrogens with zero attached hydrogens (tertiary/aromatic N) is 3. The fraction of sp³-hybridized carbons (Fsp3) is 0.143. The number of benzene rings is 2. The molecule has 2 unspecified atom stereocenters. The summed E-state index contributed by atoms with van der Waals surface area (Å²) in [6.45, 7) is 0. The molecule has 134 valence electrons. The van der Waals surface area contributed by atoms with Crippen molar-refractivity contribution in [3.63, 3.8) is 0 Å². The number of pyridine rings is 1. The molecule has 3 heterocycles. The van der Waals surface area contributed by atoms with E-state index in [4.69, 9.17) is 21.4 Å². The van der Waals surface area contributed by atoms with Crippen LogP contribution in [0.3, 0.4) is 0 Å². The number of fused-ring (bicyclic) bond motifs is 3. The monoisotopic (exact) mass is 439 g/mol. The Labute approximate surface area is 170 Å². The summed E-state index contributed by atoms with van der Waals surface area (Å²) in [5, 5.41) is 7.73. The Kier molecular flexibility index (Phi) is 4.14. The summed E-state index contributed by atoms with van der Waals surface area (Å²) in [7, 11) is 0. The van der Waals surface area contributed by atoms with Crippen LogP contribution in [-0.4, -0.2) is 15.7 Å². The van der Waals surface area contributed by atoms with Crippen LogP contribution in [0.2, 0.25) is 5.02 Å². The fourth-order valence-corrected chi connectivity index (χ4v) is 4.13. The first-order valence-corrected chi connectivity index (χ1v) is 9.84. The topological polar surface area (TPSA) is 37.7 Å². The van der Waals surface area contributed by atoms with Crippen molar-refractivity contribution in [3.05, 3.63) is 93.2 Å². The van der Waals surface area contributed by atoms with Crippen LogP contribution >= 0.6 is 27.5 Å². The average molecular weight is 441 g/mol. The Morgan fingerprint density at radius 2 is 1.81 bits per heavy atom. The molecule has 1 aromatic heterocycles. The van der Waals surface area contributed by atoms with E-state index >= 15 is 0 Å². The highest BCUT2D eigenvalue weighted by Gasteiger charge is 2.41. The van der Waals surface area contributed by atoms with E-state index in [-0.39, 0.29) is 12.3 Å². The Morgan fingerprint density at radius 1 is 1.04 bits per heavy atom. The second-order valence-corrected chi connectivity index (χ2v) is 7.94. The molecule has 0 saturated carbocycles. The average Bonchev–Trinajstić information content (AvgIpc) is 3.14. The second kappa shape index (κ2) is 6.66. The van der Waals surface area contributed by atoms with Crippen LogP contribution in [0, 0.1) is 0 Å². The van der Waals surface area contributed by atoms with E-state index in [1.807, 2.05) is 48.5 Å². The molecule has 0 saturated heterocycles. The van der Waals surface area contributed by atoms with E-state index in [1.54, 1.807) is 12.4 Å². The molecule has 2 aliphatic heterocycles. The molecule has 6 heteroatoms. The van der Waals surface area contributed by atoms with Crippen LogP contribution in [0.25, 0.3) is 0 Å². The number of halogens is 2. The molecule has 0 amide bonds. The van der Waals surface area contributed by atoms with E-state index in [0.29, 0.717) is 0 Å². The lowest BCUT2D eigenvalue weighted by atomic mass is 9.96. The highest BCUT2D eigenvalue weighted by molar-refractivity contribution is 9.10. The van der Waals surface area contributed by atoms with Crippen LogP contribution < -0.4 is 4.74 Å². The summed E-state index contributed by atoms with van der Waals surface area (Å²) in [6.07, 6.45) is 4.10. The zero-order valence-electron chi connectivity index (χ0n) is 14.2. The van der Waals surface area contributed by atoms with Crippen LogP contribution in [0.15, 0.2) is 76.6 Å². The van der Waals surface area contributed by atoms with Gasteiger partial charge < -0.3 is 4.74 Å². The number of hydrogen-bond acceptors (Lipinski definition) is 4. The summed E-state index contributed by atoms with van der Waals surface area (Å²) < 4.78 is 7.37. The van der Waals surface area contributed by atoms with Gasteiger partial charge in [-0.2, -0.15) is 5.10 Å². The maximum Gasteiger partial charge on any atom is 0.213 e. The van der Waals surface area contributed by atoms with Gasteiger partial charge in [-0.25, -0.2) is 5.01 Å². The first-order chi connectivity index (χ1) is 13.2. The van der Waals surface area contributed by atoms with Gasteiger partial charge in [-0.1, -0.05) is 39.7 Å². The van der Waals surface area contributed by atoms with Gasteiger partial charge in [0, 0.05) is 39.4 Å². The molecule has 0 radical (unpaired) electrons. The lowest BCUT2D eigenvalue weighted by Gasteiger charge is -2.38. The lowest BCUT2D eigenvalue weighted by Crippen LogP contribution is -2.33. The Bertz CT molecular complexity index is 1020. The largest absolute Gasteiger partial charge is 0.464 e. The van der Waals surface area contributed by atoms with Crippen molar-refractivity contribution in [2.75, 3.05) is 0 Å². The van der Waals surface area contributed by atoms with Crippen molar-refractivity contribution in [3.8, 4) is 5.75 Å². The van der Waals surface area contributed by atoms with Crippen LogP contribution in [0.5, 0.6) is 5.75 Å². The van der Waals surface area contributed by atoms with Crippen LogP contribution in [0.4, 0.5) is 0 Å². The van der Waals surface area contributed by atoms with Gasteiger partial charge in [0.2, 0.25) is 6.23 Å². The molecule has 0 spiro atoms. The SMILES string of the molecule is Clc1ccc(C2=NN3C(C2)c2cc(Br)ccc2OC3c2ccncc2)cc1. The Hall–Kier alpha value is -2.37. The third-order valence-corrected chi connectivity index (χ3v) is 5.67. The number of aromatic nitrogens is 1. The maximum atomic E-state index is 6.34. The van der Waals surface area contributed by atoms with Crippen LogP contribution in [-0.2, 0) is 0 Å². The zero-order chi connectivity index (χ0) is 18.4. The summed E-state index contributed by atoms with van der Waals surface area (Å²) in [5.41, 5.74) is 4.29. The normalized spacial score (nSPS) is 20.5. The van der Waals surface area contributed by atoms with Crippen molar-refractivity contribution in [1.29, 1.82) is 0 Å². The molecule has 5 rings (SSSR count). The van der Waals surface area contributed by atoms with Gasteiger partial charge in [-0.15, -0.1) is 0 Å². The minimum absolute atomic E-state index is 0.120. The van der Waals surface area contributed by atoms with Gasteiger partial charge in [0.15, 0.2) is 0 Å². The molecule has 2 aromatic carbocycles. The number of hydrogen-bond donors (Lipinski definition) is 0. The second-order valence-electron chi connectivity index (χ2n) is 6.59. The Balaban J connectivity index is 1.60. The highest BCUT2D eigenvalue weighted by atomic mass is 79.9. The summed E-state index contributed by atoms with van der Waals surface area (Å²) in [6, 6.07) is 18.1. The third kappa shape index (κ3) is 3.01. The molecular formula is C21H15BrClN3O. The van der Waals surface area contributed by atoms with Crippen molar-refractivity contribution in [1.82, 2.24) is 9.99 Å². The molecule has 0 bridgehead atoms. The summed E-state index contributed by atoms with van der Waals surface area (Å²) >= 11 is 9.63. The summed E-state index contributed by atoms with van der Waals surface area (Å²) in [4.78, 5) is 4.12. The zero-order valence-corrected chi connectivity index (χ0v) is 16.6. The predicted molar refractivity (Wildman–Crippen MR) is 109 cm³/mol. The number of rotatable bonds is 2. The van der Waals surface area contributed by atoms with E-state index < -0.39 is 0 Å². The molecule has 0 aliphatic carbocycles. The van der Waals surface area contributed by atoms with Crippen molar-refractivity contribution >= 4 is 33.2 Å². The molecule has 0 fully saturated rings. The van der Waals surface area contributed by atoms with Crippen LogP contribution in [0.1, 0.15) is 35.4 Å². The maximum absolute atomic E-state index is 6.34. The van der Waals surface area contributed by atoms with Crippen molar-refractivity contribution < 1.29 is 4.74 Å². The molecule has 2 atom stereocenters. The Morgan fingerprint density at radius 3 is 2.59 bits per heavy atom. The minimum atomic E-state index is -0.281.